The third-order valence-corrected chi connectivity index (χ3v) is 4.17. The van der Waals surface area contributed by atoms with Crippen LogP contribution in [-0.4, -0.2) is 17.8 Å². The van der Waals surface area contributed by atoms with Crippen molar-refractivity contribution in [2.24, 2.45) is 0 Å². The minimum atomic E-state index is -0.191. The van der Waals surface area contributed by atoms with Gasteiger partial charge >= 0.3 is 0 Å². The van der Waals surface area contributed by atoms with E-state index in [-0.39, 0.29) is 6.10 Å². The van der Waals surface area contributed by atoms with Gasteiger partial charge in [-0.1, -0.05) is 6.07 Å². The Hall–Kier alpha value is 0.1000. The molecule has 1 atom stereocenters. The summed E-state index contributed by atoms with van der Waals surface area (Å²) < 4.78 is 2.15. The molecule has 1 aromatic carbocycles. The second-order valence-electron chi connectivity index (χ2n) is 3.92. The summed E-state index contributed by atoms with van der Waals surface area (Å²) in [5.41, 5.74) is 1.26. The summed E-state index contributed by atoms with van der Waals surface area (Å²) in [5, 5.41) is 12.5. The molecule has 0 saturated carbocycles. The molecule has 0 spiro atoms. The fourth-order valence-electron chi connectivity index (χ4n) is 1.40. The van der Waals surface area contributed by atoms with Gasteiger partial charge in [0.05, 0.1) is 6.10 Å². The van der Waals surface area contributed by atoms with Gasteiger partial charge in [0, 0.05) is 15.5 Å². The van der Waals surface area contributed by atoms with Crippen molar-refractivity contribution >= 4 is 31.9 Å². The molecule has 1 aromatic rings. The van der Waals surface area contributed by atoms with E-state index >= 15 is 0 Å². The number of hydrogen-bond donors (Lipinski definition) is 2. The van der Waals surface area contributed by atoms with Crippen LogP contribution in [0.3, 0.4) is 0 Å². The van der Waals surface area contributed by atoms with Crippen LogP contribution >= 0.6 is 31.9 Å². The zero-order valence-electron chi connectivity index (χ0n) is 9.34. The molecule has 0 aliphatic heterocycles. The number of benzene rings is 1. The van der Waals surface area contributed by atoms with Gasteiger partial charge < -0.3 is 10.4 Å². The third kappa shape index (κ3) is 5.43. The van der Waals surface area contributed by atoms with Gasteiger partial charge in [-0.2, -0.15) is 0 Å². The van der Waals surface area contributed by atoms with Crippen LogP contribution < -0.4 is 5.32 Å². The molecule has 4 heteroatoms. The molecule has 0 bridgehead atoms. The largest absolute Gasteiger partial charge is 0.393 e. The van der Waals surface area contributed by atoms with E-state index in [9.17, 15) is 0 Å². The summed E-state index contributed by atoms with van der Waals surface area (Å²) in [4.78, 5) is 0. The van der Waals surface area contributed by atoms with E-state index in [0.717, 1.165) is 34.9 Å². The molecule has 0 fully saturated rings. The Kier molecular flexibility index (Phi) is 6.58. The highest BCUT2D eigenvalue weighted by atomic mass is 79.9. The van der Waals surface area contributed by atoms with E-state index < -0.39 is 0 Å². The smallest absolute Gasteiger partial charge is 0.0512 e. The summed E-state index contributed by atoms with van der Waals surface area (Å²) in [7, 11) is 0. The zero-order valence-corrected chi connectivity index (χ0v) is 12.5. The molecule has 2 N–H and O–H groups in total. The SMILES string of the molecule is CC(O)CCCNCc1ccc(Br)c(Br)c1. The summed E-state index contributed by atoms with van der Waals surface area (Å²) in [6.07, 6.45) is 1.68. The van der Waals surface area contributed by atoms with Gasteiger partial charge in [0.15, 0.2) is 0 Å². The monoisotopic (exact) mass is 349 g/mol. The van der Waals surface area contributed by atoms with Crippen molar-refractivity contribution in [3.05, 3.63) is 32.7 Å². The number of halogens is 2. The molecular formula is C12H17Br2NO. The fourth-order valence-corrected chi connectivity index (χ4v) is 2.08. The second-order valence-corrected chi connectivity index (χ2v) is 5.63. The van der Waals surface area contributed by atoms with Gasteiger partial charge in [0.2, 0.25) is 0 Å². The first-order chi connectivity index (χ1) is 7.59. The molecule has 1 rings (SSSR count). The van der Waals surface area contributed by atoms with Crippen LogP contribution in [0.2, 0.25) is 0 Å². The third-order valence-electron chi connectivity index (χ3n) is 2.29. The van der Waals surface area contributed by atoms with Gasteiger partial charge in [0.25, 0.3) is 0 Å². The first kappa shape index (κ1) is 14.2. The second kappa shape index (κ2) is 7.43. The topological polar surface area (TPSA) is 32.3 Å². The van der Waals surface area contributed by atoms with E-state index in [1.807, 2.05) is 13.0 Å². The number of hydrogen-bond acceptors (Lipinski definition) is 2. The lowest BCUT2D eigenvalue weighted by molar-refractivity contribution is 0.181. The maximum absolute atomic E-state index is 9.10. The van der Waals surface area contributed by atoms with Crippen LogP contribution in [0.25, 0.3) is 0 Å². The molecular weight excluding hydrogens is 334 g/mol. The highest BCUT2D eigenvalue weighted by Crippen LogP contribution is 2.23. The molecule has 0 heterocycles. The summed E-state index contributed by atoms with van der Waals surface area (Å²) in [5.74, 6) is 0. The lowest BCUT2D eigenvalue weighted by atomic mass is 10.2. The molecule has 16 heavy (non-hydrogen) atoms. The first-order valence-electron chi connectivity index (χ1n) is 5.42. The highest BCUT2D eigenvalue weighted by molar-refractivity contribution is 9.13. The molecule has 0 saturated heterocycles. The van der Waals surface area contributed by atoms with Crippen molar-refractivity contribution in [1.82, 2.24) is 5.32 Å². The van der Waals surface area contributed by atoms with Gasteiger partial charge in [-0.25, -0.2) is 0 Å². The molecule has 0 aliphatic rings. The predicted molar refractivity (Wildman–Crippen MR) is 74.5 cm³/mol. The number of rotatable bonds is 6. The van der Waals surface area contributed by atoms with Crippen molar-refractivity contribution < 1.29 is 5.11 Å². The number of aliphatic hydroxyl groups excluding tert-OH is 1. The molecule has 0 radical (unpaired) electrons. The molecule has 1 unspecified atom stereocenters. The van der Waals surface area contributed by atoms with E-state index in [1.54, 1.807) is 0 Å². The normalized spacial score (nSPS) is 12.8. The van der Waals surface area contributed by atoms with Gasteiger partial charge in [-0.3, -0.25) is 0 Å². The molecule has 2 nitrogen and oxygen atoms in total. The van der Waals surface area contributed by atoms with Gasteiger partial charge in [-0.15, -0.1) is 0 Å². The predicted octanol–water partition coefficient (Wildman–Crippen LogP) is 3.46. The maximum atomic E-state index is 9.10. The van der Waals surface area contributed by atoms with Gasteiger partial charge in [-0.05, 0) is 75.9 Å². The standard InChI is InChI=1S/C12H17Br2NO/c1-9(16)3-2-6-15-8-10-4-5-11(13)12(14)7-10/h4-5,7,9,15-16H,2-3,6,8H2,1H3. The molecule has 0 amide bonds. The van der Waals surface area contributed by atoms with E-state index in [0.29, 0.717) is 0 Å². The van der Waals surface area contributed by atoms with Crippen molar-refractivity contribution in [3.63, 3.8) is 0 Å². The average Bonchev–Trinajstić information content (AvgIpc) is 2.22. The van der Waals surface area contributed by atoms with Crippen molar-refractivity contribution in [3.8, 4) is 0 Å². The van der Waals surface area contributed by atoms with Crippen LogP contribution in [0, 0.1) is 0 Å². The Morgan fingerprint density at radius 2 is 2.06 bits per heavy atom. The summed E-state index contributed by atoms with van der Waals surface area (Å²) >= 11 is 6.92. The fraction of sp³-hybridized carbons (Fsp3) is 0.500. The van der Waals surface area contributed by atoms with Crippen LogP contribution in [0.1, 0.15) is 25.3 Å². The van der Waals surface area contributed by atoms with Crippen molar-refractivity contribution in [2.45, 2.75) is 32.4 Å². The quantitative estimate of drug-likeness (QED) is 0.770. The summed E-state index contributed by atoms with van der Waals surface area (Å²) in [6, 6.07) is 6.24. The summed E-state index contributed by atoms with van der Waals surface area (Å²) in [6.45, 7) is 3.64. The zero-order chi connectivity index (χ0) is 12.0. The molecule has 0 aliphatic carbocycles. The van der Waals surface area contributed by atoms with Crippen LogP contribution in [0.4, 0.5) is 0 Å². The molecule has 0 aromatic heterocycles. The Labute approximate surface area is 114 Å². The van der Waals surface area contributed by atoms with E-state index in [2.05, 4.69) is 49.3 Å². The molecule has 90 valence electrons. The minimum Gasteiger partial charge on any atom is -0.393 e. The van der Waals surface area contributed by atoms with Gasteiger partial charge in [0.1, 0.15) is 0 Å². The average molecular weight is 351 g/mol. The number of aliphatic hydroxyl groups is 1. The maximum Gasteiger partial charge on any atom is 0.0512 e. The van der Waals surface area contributed by atoms with Crippen LogP contribution in [0.15, 0.2) is 27.1 Å². The van der Waals surface area contributed by atoms with E-state index in [1.165, 1.54) is 5.56 Å². The van der Waals surface area contributed by atoms with E-state index in [4.69, 9.17) is 5.11 Å². The van der Waals surface area contributed by atoms with Crippen molar-refractivity contribution in [1.29, 1.82) is 0 Å². The Balaban J connectivity index is 2.24. The van der Waals surface area contributed by atoms with Crippen LogP contribution in [0.5, 0.6) is 0 Å². The number of nitrogens with one attached hydrogen (secondary N) is 1. The first-order valence-corrected chi connectivity index (χ1v) is 7.01. The van der Waals surface area contributed by atoms with Crippen LogP contribution in [-0.2, 0) is 6.54 Å². The highest BCUT2D eigenvalue weighted by Gasteiger charge is 1.99. The Morgan fingerprint density at radius 1 is 1.31 bits per heavy atom. The Bertz CT molecular complexity index is 329. The Morgan fingerprint density at radius 3 is 2.69 bits per heavy atom. The lowest BCUT2D eigenvalue weighted by Gasteiger charge is -2.07. The van der Waals surface area contributed by atoms with Crippen molar-refractivity contribution in [2.75, 3.05) is 6.54 Å². The minimum absolute atomic E-state index is 0.191. The lowest BCUT2D eigenvalue weighted by Crippen LogP contribution is -2.16.